The smallest absolute Gasteiger partial charge is 0.145 e. The SMILES string of the molecule is CC(C)CCOc1cc(Cl)c(OCCC(C)C)c2ccccc12. The van der Waals surface area contributed by atoms with E-state index in [4.69, 9.17) is 21.1 Å². The maximum atomic E-state index is 6.46. The first-order valence-electron chi connectivity index (χ1n) is 8.46. The van der Waals surface area contributed by atoms with E-state index in [1.54, 1.807) is 0 Å². The zero-order valence-corrected chi connectivity index (χ0v) is 15.3. The molecule has 0 aliphatic carbocycles. The summed E-state index contributed by atoms with van der Waals surface area (Å²) in [5.41, 5.74) is 0. The third-order valence-corrected chi connectivity index (χ3v) is 4.09. The van der Waals surface area contributed by atoms with Gasteiger partial charge in [-0.2, -0.15) is 0 Å². The molecule has 0 fully saturated rings. The van der Waals surface area contributed by atoms with E-state index in [1.165, 1.54) is 0 Å². The highest BCUT2D eigenvalue weighted by Gasteiger charge is 2.13. The van der Waals surface area contributed by atoms with Gasteiger partial charge in [0.2, 0.25) is 0 Å². The van der Waals surface area contributed by atoms with Gasteiger partial charge in [0, 0.05) is 16.8 Å². The van der Waals surface area contributed by atoms with Crippen LogP contribution in [0.25, 0.3) is 10.8 Å². The fourth-order valence-corrected chi connectivity index (χ4v) is 2.61. The van der Waals surface area contributed by atoms with Crippen molar-refractivity contribution >= 4 is 22.4 Å². The Balaban J connectivity index is 2.26. The summed E-state index contributed by atoms with van der Waals surface area (Å²) in [6.07, 6.45) is 2.04. The molecule has 0 heterocycles. The predicted molar refractivity (Wildman–Crippen MR) is 98.9 cm³/mol. The Labute approximate surface area is 144 Å². The number of hydrogen-bond donors (Lipinski definition) is 0. The molecule has 0 amide bonds. The minimum absolute atomic E-state index is 0.610. The van der Waals surface area contributed by atoms with Gasteiger partial charge in [-0.3, -0.25) is 0 Å². The second-order valence-electron chi connectivity index (χ2n) is 6.79. The summed E-state index contributed by atoms with van der Waals surface area (Å²) < 4.78 is 11.9. The molecule has 0 aromatic heterocycles. The van der Waals surface area contributed by atoms with Gasteiger partial charge in [0.05, 0.1) is 18.2 Å². The van der Waals surface area contributed by atoms with Gasteiger partial charge in [0.1, 0.15) is 11.5 Å². The lowest BCUT2D eigenvalue weighted by Gasteiger charge is -2.16. The van der Waals surface area contributed by atoms with Crippen LogP contribution in [0.4, 0.5) is 0 Å². The number of ether oxygens (including phenoxy) is 2. The molecule has 0 aliphatic rings. The van der Waals surface area contributed by atoms with Crippen molar-refractivity contribution < 1.29 is 9.47 Å². The largest absolute Gasteiger partial charge is 0.493 e. The number of halogens is 1. The zero-order valence-electron chi connectivity index (χ0n) is 14.6. The zero-order chi connectivity index (χ0) is 16.8. The van der Waals surface area contributed by atoms with Gasteiger partial charge in [0.15, 0.2) is 0 Å². The maximum Gasteiger partial charge on any atom is 0.145 e. The Bertz CT molecular complexity index is 635. The Morgan fingerprint density at radius 1 is 0.870 bits per heavy atom. The molecule has 0 atom stereocenters. The van der Waals surface area contributed by atoms with Crippen LogP contribution < -0.4 is 9.47 Å². The van der Waals surface area contributed by atoms with E-state index in [9.17, 15) is 0 Å². The molecule has 3 heteroatoms. The molecular formula is C20H27ClO2. The van der Waals surface area contributed by atoms with Crippen molar-refractivity contribution in [3.63, 3.8) is 0 Å². The second kappa shape index (κ2) is 8.44. The Kier molecular flexibility index (Phi) is 6.59. The first-order valence-corrected chi connectivity index (χ1v) is 8.83. The fourth-order valence-electron chi connectivity index (χ4n) is 2.35. The first kappa shape index (κ1) is 17.9. The van der Waals surface area contributed by atoms with E-state index in [2.05, 4.69) is 33.8 Å². The highest BCUT2D eigenvalue weighted by Crippen LogP contribution is 2.39. The molecule has 23 heavy (non-hydrogen) atoms. The summed E-state index contributed by atoms with van der Waals surface area (Å²) in [4.78, 5) is 0. The molecular weight excluding hydrogens is 308 g/mol. The summed E-state index contributed by atoms with van der Waals surface area (Å²) in [6, 6.07) is 10.0. The molecule has 0 saturated heterocycles. The molecule has 2 rings (SSSR count). The number of hydrogen-bond acceptors (Lipinski definition) is 2. The summed E-state index contributed by atoms with van der Waals surface area (Å²) >= 11 is 6.46. The van der Waals surface area contributed by atoms with Crippen molar-refractivity contribution in [1.82, 2.24) is 0 Å². The average Bonchev–Trinajstić information content (AvgIpc) is 2.49. The van der Waals surface area contributed by atoms with Gasteiger partial charge < -0.3 is 9.47 Å². The van der Waals surface area contributed by atoms with E-state index >= 15 is 0 Å². The summed E-state index contributed by atoms with van der Waals surface area (Å²) in [6.45, 7) is 10.1. The summed E-state index contributed by atoms with van der Waals surface area (Å²) in [7, 11) is 0. The highest BCUT2D eigenvalue weighted by atomic mass is 35.5. The first-order chi connectivity index (χ1) is 11.0. The molecule has 0 N–H and O–H groups in total. The molecule has 0 radical (unpaired) electrons. The van der Waals surface area contributed by atoms with Gasteiger partial charge >= 0.3 is 0 Å². The summed E-state index contributed by atoms with van der Waals surface area (Å²) in [5, 5.41) is 2.69. The molecule has 0 unspecified atom stereocenters. The van der Waals surface area contributed by atoms with Crippen LogP contribution in [0.5, 0.6) is 11.5 Å². The molecule has 2 aromatic rings. The quantitative estimate of drug-likeness (QED) is 0.560. The van der Waals surface area contributed by atoms with Crippen LogP contribution in [0, 0.1) is 11.8 Å². The Morgan fingerprint density at radius 2 is 1.43 bits per heavy atom. The van der Waals surface area contributed by atoms with Gasteiger partial charge in [-0.05, 0) is 24.7 Å². The van der Waals surface area contributed by atoms with E-state index in [0.717, 1.165) is 35.1 Å². The lowest BCUT2D eigenvalue weighted by molar-refractivity contribution is 0.287. The second-order valence-corrected chi connectivity index (χ2v) is 7.20. The number of fused-ring (bicyclic) bond motifs is 1. The standard InChI is InChI=1S/C20H27ClO2/c1-14(2)9-11-22-19-13-18(21)20(23-12-10-15(3)4)17-8-6-5-7-16(17)19/h5-8,13-15H,9-12H2,1-4H3. The van der Waals surface area contributed by atoms with E-state index < -0.39 is 0 Å². The van der Waals surface area contributed by atoms with Crippen molar-refractivity contribution in [1.29, 1.82) is 0 Å². The molecule has 126 valence electrons. The maximum absolute atomic E-state index is 6.46. The van der Waals surface area contributed by atoms with Crippen LogP contribution in [0.3, 0.4) is 0 Å². The molecule has 2 aromatic carbocycles. The lowest BCUT2D eigenvalue weighted by Crippen LogP contribution is -2.04. The van der Waals surface area contributed by atoms with Gasteiger partial charge in [-0.1, -0.05) is 63.6 Å². The van der Waals surface area contributed by atoms with Crippen molar-refractivity contribution in [3.8, 4) is 11.5 Å². The van der Waals surface area contributed by atoms with Crippen molar-refractivity contribution in [2.45, 2.75) is 40.5 Å². The van der Waals surface area contributed by atoms with Crippen LogP contribution >= 0.6 is 11.6 Å². The third kappa shape index (κ3) is 5.04. The molecule has 0 aliphatic heterocycles. The van der Waals surface area contributed by atoms with E-state index in [0.29, 0.717) is 30.1 Å². The van der Waals surface area contributed by atoms with Crippen LogP contribution in [0.15, 0.2) is 30.3 Å². The van der Waals surface area contributed by atoms with Crippen LogP contribution in [0.2, 0.25) is 5.02 Å². The van der Waals surface area contributed by atoms with Gasteiger partial charge in [-0.15, -0.1) is 0 Å². The van der Waals surface area contributed by atoms with Gasteiger partial charge in [-0.25, -0.2) is 0 Å². The topological polar surface area (TPSA) is 18.5 Å². The van der Waals surface area contributed by atoms with Crippen LogP contribution in [-0.2, 0) is 0 Å². The normalized spacial score (nSPS) is 11.4. The highest BCUT2D eigenvalue weighted by molar-refractivity contribution is 6.33. The van der Waals surface area contributed by atoms with E-state index in [-0.39, 0.29) is 0 Å². The third-order valence-electron chi connectivity index (χ3n) is 3.81. The van der Waals surface area contributed by atoms with Crippen LogP contribution in [0.1, 0.15) is 40.5 Å². The molecule has 0 bridgehead atoms. The fraction of sp³-hybridized carbons (Fsp3) is 0.500. The minimum Gasteiger partial charge on any atom is -0.493 e. The predicted octanol–water partition coefficient (Wildman–Crippen LogP) is 6.34. The Hall–Kier alpha value is -1.41. The Morgan fingerprint density at radius 3 is 2.04 bits per heavy atom. The lowest BCUT2D eigenvalue weighted by atomic mass is 10.1. The van der Waals surface area contributed by atoms with Crippen molar-refractivity contribution in [3.05, 3.63) is 35.4 Å². The monoisotopic (exact) mass is 334 g/mol. The van der Waals surface area contributed by atoms with Gasteiger partial charge in [0.25, 0.3) is 0 Å². The molecule has 2 nitrogen and oxygen atoms in total. The number of rotatable bonds is 8. The van der Waals surface area contributed by atoms with E-state index in [1.807, 2.05) is 24.3 Å². The van der Waals surface area contributed by atoms with Crippen molar-refractivity contribution in [2.24, 2.45) is 11.8 Å². The number of benzene rings is 2. The van der Waals surface area contributed by atoms with Crippen molar-refractivity contribution in [2.75, 3.05) is 13.2 Å². The average molecular weight is 335 g/mol. The van der Waals surface area contributed by atoms with Crippen LogP contribution in [-0.4, -0.2) is 13.2 Å². The molecule has 0 saturated carbocycles. The summed E-state index contributed by atoms with van der Waals surface area (Å²) in [5.74, 6) is 2.83. The minimum atomic E-state index is 0.610. The molecule has 0 spiro atoms.